The van der Waals surface area contributed by atoms with Gasteiger partial charge in [0.25, 0.3) is 0 Å². The molecule has 0 aliphatic carbocycles. The number of hydrogen-bond acceptors (Lipinski definition) is 3. The molecule has 0 bridgehead atoms. The van der Waals surface area contributed by atoms with Crippen LogP contribution in [0.2, 0.25) is 0 Å². The topological polar surface area (TPSA) is 0 Å². The quantitative estimate of drug-likeness (QED) is 0.569. The van der Waals surface area contributed by atoms with E-state index in [1.54, 1.807) is 17.8 Å². The Hall–Kier alpha value is -0.190. The molecule has 1 aromatic carbocycles. The van der Waals surface area contributed by atoms with Gasteiger partial charge < -0.3 is 0 Å². The SMILES string of the molecule is CSc1cc(F)c2scc(S)c2c1. The highest BCUT2D eigenvalue weighted by Crippen LogP contribution is 2.33. The van der Waals surface area contributed by atoms with Crippen LogP contribution in [0.15, 0.2) is 27.3 Å². The molecule has 0 amide bonds. The molecular formula is C9H7FS3. The summed E-state index contributed by atoms with van der Waals surface area (Å²) in [5, 5.41) is 2.78. The Morgan fingerprint density at radius 1 is 1.46 bits per heavy atom. The molecule has 0 aliphatic rings. The van der Waals surface area contributed by atoms with Crippen LogP contribution in [0.3, 0.4) is 0 Å². The molecule has 0 fully saturated rings. The average molecular weight is 230 g/mol. The van der Waals surface area contributed by atoms with Gasteiger partial charge >= 0.3 is 0 Å². The zero-order chi connectivity index (χ0) is 9.42. The molecule has 2 rings (SSSR count). The zero-order valence-electron chi connectivity index (χ0n) is 6.87. The van der Waals surface area contributed by atoms with E-state index in [-0.39, 0.29) is 5.82 Å². The number of thioether (sulfide) groups is 1. The Bertz CT molecular complexity index is 447. The van der Waals surface area contributed by atoms with E-state index in [4.69, 9.17) is 0 Å². The summed E-state index contributed by atoms with van der Waals surface area (Å²) in [7, 11) is 0. The summed E-state index contributed by atoms with van der Waals surface area (Å²) >= 11 is 7.21. The molecule has 0 aliphatic heterocycles. The molecule has 0 unspecified atom stereocenters. The molecule has 1 aromatic heterocycles. The number of benzene rings is 1. The van der Waals surface area contributed by atoms with Crippen LogP contribution in [0.1, 0.15) is 0 Å². The lowest BCUT2D eigenvalue weighted by Gasteiger charge is -1.98. The number of thiophene rings is 1. The van der Waals surface area contributed by atoms with Gasteiger partial charge in [-0.2, -0.15) is 0 Å². The molecular weight excluding hydrogens is 223 g/mol. The second kappa shape index (κ2) is 3.52. The fraction of sp³-hybridized carbons (Fsp3) is 0.111. The van der Waals surface area contributed by atoms with Crippen LogP contribution in [0.5, 0.6) is 0 Å². The standard InChI is InChI=1S/C9H7FS3/c1-12-5-2-6-8(11)4-13-9(6)7(10)3-5/h2-4,11H,1H3. The van der Waals surface area contributed by atoms with Crippen molar-refractivity contribution in [1.29, 1.82) is 0 Å². The minimum absolute atomic E-state index is 0.146. The van der Waals surface area contributed by atoms with Crippen LogP contribution in [0.4, 0.5) is 4.39 Å². The first-order chi connectivity index (χ1) is 6.22. The molecule has 0 saturated carbocycles. The van der Waals surface area contributed by atoms with Crippen molar-refractivity contribution >= 4 is 45.8 Å². The average Bonchev–Trinajstić information content (AvgIpc) is 2.48. The molecule has 0 nitrogen and oxygen atoms in total. The zero-order valence-corrected chi connectivity index (χ0v) is 9.40. The molecule has 0 spiro atoms. The van der Waals surface area contributed by atoms with E-state index in [0.717, 1.165) is 15.2 Å². The Balaban J connectivity index is 2.80. The summed E-state index contributed by atoms with van der Waals surface area (Å²) in [6.07, 6.45) is 1.94. The first kappa shape index (κ1) is 9.37. The smallest absolute Gasteiger partial charge is 0.142 e. The van der Waals surface area contributed by atoms with E-state index in [0.29, 0.717) is 4.70 Å². The third-order valence-electron chi connectivity index (χ3n) is 1.82. The van der Waals surface area contributed by atoms with Gasteiger partial charge in [-0.3, -0.25) is 0 Å². The van der Waals surface area contributed by atoms with Crippen LogP contribution in [-0.2, 0) is 0 Å². The van der Waals surface area contributed by atoms with E-state index < -0.39 is 0 Å². The first-order valence-electron chi connectivity index (χ1n) is 3.66. The van der Waals surface area contributed by atoms with Gasteiger partial charge in [-0.25, -0.2) is 4.39 Å². The fourth-order valence-corrected chi connectivity index (χ4v) is 2.87. The Kier molecular flexibility index (Phi) is 2.53. The Morgan fingerprint density at radius 3 is 2.92 bits per heavy atom. The molecule has 0 N–H and O–H groups in total. The van der Waals surface area contributed by atoms with Crippen molar-refractivity contribution in [3.63, 3.8) is 0 Å². The molecule has 0 saturated heterocycles. The molecule has 1 heterocycles. The van der Waals surface area contributed by atoms with E-state index in [9.17, 15) is 4.39 Å². The van der Waals surface area contributed by atoms with Gasteiger partial charge in [-0.1, -0.05) is 0 Å². The van der Waals surface area contributed by atoms with Gasteiger partial charge in [-0.15, -0.1) is 35.7 Å². The summed E-state index contributed by atoms with van der Waals surface area (Å²) in [6, 6.07) is 3.54. The molecule has 68 valence electrons. The number of halogens is 1. The molecule has 2 aromatic rings. The third-order valence-corrected chi connectivity index (χ3v) is 4.07. The summed E-state index contributed by atoms with van der Waals surface area (Å²) < 4.78 is 14.1. The second-order valence-corrected chi connectivity index (χ2v) is 4.85. The van der Waals surface area contributed by atoms with Gasteiger partial charge in [0.05, 0.1) is 4.70 Å². The van der Waals surface area contributed by atoms with Gasteiger partial charge in [0.15, 0.2) is 0 Å². The largest absolute Gasteiger partial charge is 0.205 e. The minimum Gasteiger partial charge on any atom is -0.205 e. The van der Waals surface area contributed by atoms with E-state index >= 15 is 0 Å². The van der Waals surface area contributed by atoms with E-state index in [2.05, 4.69) is 12.6 Å². The number of hydrogen-bond donors (Lipinski definition) is 1. The van der Waals surface area contributed by atoms with Gasteiger partial charge in [-0.05, 0) is 18.4 Å². The lowest BCUT2D eigenvalue weighted by atomic mass is 10.2. The maximum Gasteiger partial charge on any atom is 0.142 e. The fourth-order valence-electron chi connectivity index (χ4n) is 1.17. The molecule has 0 atom stereocenters. The second-order valence-electron chi connectivity index (χ2n) is 2.61. The summed E-state index contributed by atoms with van der Waals surface area (Å²) in [6.45, 7) is 0. The summed E-state index contributed by atoms with van der Waals surface area (Å²) in [4.78, 5) is 1.80. The van der Waals surface area contributed by atoms with Crippen LogP contribution in [-0.4, -0.2) is 6.26 Å². The van der Waals surface area contributed by atoms with Crippen molar-refractivity contribution in [1.82, 2.24) is 0 Å². The van der Waals surface area contributed by atoms with Crippen LogP contribution >= 0.6 is 35.7 Å². The maximum atomic E-state index is 13.4. The number of rotatable bonds is 1. The Morgan fingerprint density at radius 2 is 2.23 bits per heavy atom. The van der Waals surface area contributed by atoms with E-state index in [1.807, 2.05) is 17.7 Å². The van der Waals surface area contributed by atoms with Crippen LogP contribution in [0, 0.1) is 5.82 Å². The lowest BCUT2D eigenvalue weighted by Crippen LogP contribution is -1.76. The predicted octanol–water partition coefficient (Wildman–Crippen LogP) is 4.05. The monoisotopic (exact) mass is 230 g/mol. The number of thiol groups is 1. The summed E-state index contributed by atoms with van der Waals surface area (Å²) in [5.41, 5.74) is 0. The van der Waals surface area contributed by atoms with Gasteiger partial charge in [0, 0.05) is 20.6 Å². The number of fused-ring (bicyclic) bond motifs is 1. The molecule has 13 heavy (non-hydrogen) atoms. The third kappa shape index (κ3) is 1.58. The highest BCUT2D eigenvalue weighted by atomic mass is 32.2. The van der Waals surface area contributed by atoms with E-state index in [1.165, 1.54) is 11.3 Å². The molecule has 0 radical (unpaired) electrons. The van der Waals surface area contributed by atoms with Crippen molar-refractivity contribution in [2.75, 3.05) is 6.26 Å². The molecule has 4 heteroatoms. The first-order valence-corrected chi connectivity index (χ1v) is 6.21. The Labute approximate surface area is 89.6 Å². The van der Waals surface area contributed by atoms with Crippen molar-refractivity contribution in [3.8, 4) is 0 Å². The van der Waals surface area contributed by atoms with Crippen LogP contribution < -0.4 is 0 Å². The lowest BCUT2D eigenvalue weighted by molar-refractivity contribution is 0.638. The van der Waals surface area contributed by atoms with Gasteiger partial charge in [0.1, 0.15) is 5.82 Å². The van der Waals surface area contributed by atoms with Crippen molar-refractivity contribution in [2.45, 2.75) is 9.79 Å². The highest BCUT2D eigenvalue weighted by molar-refractivity contribution is 7.98. The maximum absolute atomic E-state index is 13.4. The highest BCUT2D eigenvalue weighted by Gasteiger charge is 2.07. The van der Waals surface area contributed by atoms with Crippen molar-refractivity contribution < 1.29 is 4.39 Å². The normalized spacial score (nSPS) is 11.0. The summed E-state index contributed by atoms with van der Waals surface area (Å²) in [5.74, 6) is -0.146. The van der Waals surface area contributed by atoms with Crippen molar-refractivity contribution in [3.05, 3.63) is 23.3 Å². The van der Waals surface area contributed by atoms with Crippen molar-refractivity contribution in [2.24, 2.45) is 0 Å². The van der Waals surface area contributed by atoms with Gasteiger partial charge in [0.2, 0.25) is 0 Å². The minimum atomic E-state index is -0.146. The predicted molar refractivity (Wildman–Crippen MR) is 60.8 cm³/mol. The van der Waals surface area contributed by atoms with Crippen LogP contribution in [0.25, 0.3) is 10.1 Å².